The second-order valence-corrected chi connectivity index (χ2v) is 19.3. The van der Waals surface area contributed by atoms with Crippen molar-refractivity contribution in [2.24, 2.45) is 22.7 Å². The maximum atomic E-state index is 13.9. The SMILES string of the molecule is BC(P)(P)C1(CC2COc3cc(C(/C(C)=C\C)=C(\C)C#C)nc(n3)NS(=O)(=O)c3cccc(c3)C2C2CC3(C2)CN(C(=O)OC)C3)CC1. The van der Waals surface area contributed by atoms with Crippen molar-refractivity contribution in [2.75, 3.05) is 31.5 Å². The molecule has 2 aliphatic heterocycles. The third kappa shape index (κ3) is 6.53. The number of methoxy groups -OCH3 is 1. The third-order valence-electron chi connectivity index (χ3n) is 11.1. The summed E-state index contributed by atoms with van der Waals surface area (Å²) in [6, 6.07) is 9.08. The second-order valence-electron chi connectivity index (χ2n) is 14.6. The largest absolute Gasteiger partial charge is 0.477 e. The fourth-order valence-electron chi connectivity index (χ4n) is 8.26. The molecule has 1 N–H and O–H groups in total. The first-order chi connectivity index (χ1) is 22.6. The van der Waals surface area contributed by atoms with Gasteiger partial charge < -0.3 is 14.4 Å². The van der Waals surface area contributed by atoms with Crippen molar-refractivity contribution in [2.45, 2.75) is 68.5 Å². The van der Waals surface area contributed by atoms with Crippen molar-refractivity contribution in [3.63, 3.8) is 0 Å². The third-order valence-corrected chi connectivity index (χ3v) is 13.7. The van der Waals surface area contributed by atoms with Crippen molar-refractivity contribution < 1.29 is 22.7 Å². The van der Waals surface area contributed by atoms with E-state index in [4.69, 9.17) is 15.9 Å². The van der Waals surface area contributed by atoms with E-state index in [1.54, 1.807) is 17.0 Å². The van der Waals surface area contributed by atoms with Crippen LogP contribution in [0.3, 0.4) is 0 Å². The fraction of sp³-hybridized carbons (Fsp3) is 0.514. The predicted octanol–water partition coefficient (Wildman–Crippen LogP) is 5.43. The molecule has 6 rings (SSSR count). The van der Waals surface area contributed by atoms with Crippen LogP contribution in [0.15, 0.2) is 52.4 Å². The number of likely N-dealkylation sites (tertiary alicyclic amines) is 1. The number of allylic oxidation sites excluding steroid dienone is 4. The van der Waals surface area contributed by atoms with Crippen molar-refractivity contribution in [3.05, 3.63) is 58.8 Å². The van der Waals surface area contributed by atoms with Gasteiger partial charge in [0.15, 0.2) is 0 Å². The molecule has 1 spiro atoms. The van der Waals surface area contributed by atoms with Crippen molar-refractivity contribution in [1.29, 1.82) is 0 Å². The Kier molecular flexibility index (Phi) is 9.29. The molecule has 1 aromatic carbocycles. The monoisotopic (exact) mass is 706 g/mol. The van der Waals surface area contributed by atoms with Crippen LogP contribution in [-0.2, 0) is 14.8 Å². The van der Waals surface area contributed by atoms with E-state index in [2.05, 4.69) is 53.0 Å². The zero-order valence-electron chi connectivity index (χ0n) is 28.4. The lowest BCUT2D eigenvalue weighted by molar-refractivity contribution is -0.0963. The second kappa shape index (κ2) is 12.8. The zero-order chi connectivity index (χ0) is 34.6. The molecule has 1 amide bonds. The molecule has 9 nitrogen and oxygen atoms in total. The summed E-state index contributed by atoms with van der Waals surface area (Å²) in [5.74, 6) is 3.34. The van der Waals surface area contributed by atoms with Crippen molar-refractivity contribution in [1.82, 2.24) is 14.9 Å². The number of fused-ring (bicyclic) bond motifs is 4. The molecule has 0 radical (unpaired) electrons. The summed E-state index contributed by atoms with van der Waals surface area (Å²) < 4.78 is 42.0. The first-order valence-corrected chi connectivity index (χ1v) is 19.1. The summed E-state index contributed by atoms with van der Waals surface area (Å²) in [5, 5.41) is 0. The van der Waals surface area contributed by atoms with E-state index in [0.717, 1.165) is 48.8 Å². The normalized spacial score (nSPS) is 24.6. The van der Waals surface area contributed by atoms with Crippen molar-refractivity contribution in [3.8, 4) is 18.2 Å². The molecule has 1 aromatic heterocycles. The number of rotatable bonds is 6. The number of hydrogen-bond donors (Lipinski definition) is 1. The molecule has 4 bridgehead atoms. The summed E-state index contributed by atoms with van der Waals surface area (Å²) in [7, 11) is 5.70. The number of terminal acetylenes is 1. The Morgan fingerprint density at radius 3 is 2.56 bits per heavy atom. The van der Waals surface area contributed by atoms with Crippen LogP contribution >= 0.6 is 18.5 Å². The van der Waals surface area contributed by atoms with Gasteiger partial charge in [0.1, 0.15) is 7.85 Å². The molecule has 254 valence electrons. The molecule has 1 saturated heterocycles. The lowest BCUT2D eigenvalue weighted by Gasteiger charge is -2.60. The first kappa shape index (κ1) is 34.9. The summed E-state index contributed by atoms with van der Waals surface area (Å²) >= 11 is 0. The quantitative estimate of drug-likeness (QED) is 0.185. The Balaban J connectivity index is 1.44. The van der Waals surface area contributed by atoms with Crippen LogP contribution in [0.25, 0.3) is 5.57 Å². The smallest absolute Gasteiger partial charge is 0.409 e. The van der Waals surface area contributed by atoms with Gasteiger partial charge in [0.05, 0.1) is 24.3 Å². The highest BCUT2D eigenvalue weighted by atomic mass is 32.2. The number of carbonyl (C=O) groups is 1. The minimum absolute atomic E-state index is 0.0393. The van der Waals surface area contributed by atoms with Gasteiger partial charge in [-0.2, -0.15) is 4.98 Å². The highest BCUT2D eigenvalue weighted by molar-refractivity contribution is 7.92. The summed E-state index contributed by atoms with van der Waals surface area (Å²) in [5.41, 5.74) is 3.97. The molecule has 2 aliphatic carbocycles. The molecule has 4 atom stereocenters. The molecule has 2 saturated carbocycles. The van der Waals surface area contributed by atoms with E-state index in [9.17, 15) is 13.2 Å². The topological polar surface area (TPSA) is 111 Å². The molecular weight excluding hydrogens is 661 g/mol. The Hall–Kier alpha value is -2.92. The van der Waals surface area contributed by atoms with Gasteiger partial charge in [-0.1, -0.05) is 24.1 Å². The van der Waals surface area contributed by atoms with E-state index in [0.29, 0.717) is 42.8 Å². The maximum absolute atomic E-state index is 13.9. The number of sulfonamides is 1. The average molecular weight is 707 g/mol. The average Bonchev–Trinajstić information content (AvgIpc) is 3.80. The minimum Gasteiger partial charge on any atom is -0.477 e. The molecule has 13 heteroatoms. The standard InChI is InChI=1S/C35H45BN4O5P2S/c1-6-21(3)29(22(4)7-2)27-14-28-38-31(37-27)39-48(42,43)26-10-8-9-23(13-26)30(24-15-33(16-24)19-40(20-33)32(41)44-5)25(18-45-28)17-34(11-12-34)35(36,46)47/h1,7-10,13-14,24-25,30H,11-12,15-20,36,46-47H2,2-5H3,(H,37,38,39)/b22-7-,29-21+. The molecular formula is C35H45BN4O5P2S. The van der Waals surface area contributed by atoms with Crippen LogP contribution in [0.4, 0.5) is 10.7 Å². The Morgan fingerprint density at radius 2 is 1.96 bits per heavy atom. The van der Waals surface area contributed by atoms with Crippen LogP contribution in [-0.4, -0.2) is 68.8 Å². The number of anilines is 1. The molecule has 4 unspecified atom stereocenters. The lowest BCUT2D eigenvalue weighted by Crippen LogP contribution is -2.64. The number of hydrogen-bond acceptors (Lipinski definition) is 7. The summed E-state index contributed by atoms with van der Waals surface area (Å²) in [6.45, 7) is 7.49. The van der Waals surface area contributed by atoms with Gasteiger partial charge in [0.2, 0.25) is 11.8 Å². The molecule has 2 aromatic rings. The van der Waals surface area contributed by atoms with Gasteiger partial charge in [-0.3, -0.25) is 0 Å². The fourth-order valence-corrected chi connectivity index (χ4v) is 10.1. The van der Waals surface area contributed by atoms with E-state index in [1.165, 1.54) is 7.11 Å². The zero-order valence-corrected chi connectivity index (χ0v) is 31.5. The van der Waals surface area contributed by atoms with Gasteiger partial charge >= 0.3 is 6.09 Å². The van der Waals surface area contributed by atoms with Crippen LogP contribution in [0.1, 0.15) is 70.1 Å². The minimum atomic E-state index is -4.04. The number of nitrogens with zero attached hydrogens (tertiary/aromatic N) is 3. The number of ether oxygens (including phenoxy) is 2. The number of carbonyl (C=O) groups excluding carboxylic acids is 1. The van der Waals surface area contributed by atoms with Gasteiger partial charge in [-0.05, 0) is 98.2 Å². The number of benzene rings is 1. The predicted molar refractivity (Wildman–Crippen MR) is 198 cm³/mol. The Bertz CT molecular complexity index is 1830. The molecule has 4 aliphatic rings. The maximum Gasteiger partial charge on any atom is 0.409 e. The van der Waals surface area contributed by atoms with E-state index in [-0.39, 0.29) is 44.4 Å². The highest BCUT2D eigenvalue weighted by Crippen LogP contribution is 2.65. The van der Waals surface area contributed by atoms with E-state index >= 15 is 0 Å². The van der Waals surface area contributed by atoms with Crippen LogP contribution in [0, 0.1) is 35.0 Å². The number of nitrogens with one attached hydrogen (secondary N) is 1. The lowest BCUT2D eigenvalue weighted by atomic mass is 9.52. The highest BCUT2D eigenvalue weighted by Gasteiger charge is 2.59. The van der Waals surface area contributed by atoms with Gasteiger partial charge in [0.25, 0.3) is 10.0 Å². The van der Waals surface area contributed by atoms with Crippen LogP contribution in [0.5, 0.6) is 5.88 Å². The van der Waals surface area contributed by atoms with E-state index < -0.39 is 10.0 Å². The van der Waals surface area contributed by atoms with Gasteiger partial charge in [-0.15, -0.1) is 24.9 Å². The summed E-state index contributed by atoms with van der Waals surface area (Å²) in [6.07, 6.45) is 12.5. The van der Waals surface area contributed by atoms with Crippen LogP contribution < -0.4 is 9.46 Å². The Morgan fingerprint density at radius 1 is 1.25 bits per heavy atom. The first-order valence-electron chi connectivity index (χ1n) is 16.5. The number of amides is 1. The summed E-state index contributed by atoms with van der Waals surface area (Å²) in [4.78, 5) is 23.2. The number of aromatic nitrogens is 2. The molecule has 3 heterocycles. The van der Waals surface area contributed by atoms with E-state index in [1.807, 2.05) is 39.0 Å². The van der Waals surface area contributed by atoms with Gasteiger partial charge in [0, 0.05) is 41.6 Å². The van der Waals surface area contributed by atoms with Gasteiger partial charge in [-0.25, -0.2) is 22.9 Å². The Labute approximate surface area is 290 Å². The molecule has 3 fully saturated rings. The van der Waals surface area contributed by atoms with Crippen LogP contribution in [0.2, 0.25) is 0 Å². The molecule has 48 heavy (non-hydrogen) atoms. The van der Waals surface area contributed by atoms with Crippen molar-refractivity contribution >= 4 is 54.0 Å².